The summed E-state index contributed by atoms with van der Waals surface area (Å²) in [5.74, 6) is -0.435. The molecular formula is C22H23N5O3. The van der Waals surface area contributed by atoms with Gasteiger partial charge in [0.15, 0.2) is 5.69 Å². The van der Waals surface area contributed by atoms with Crippen LogP contribution in [0.2, 0.25) is 0 Å². The molecule has 154 valence electrons. The van der Waals surface area contributed by atoms with Crippen molar-refractivity contribution in [1.29, 1.82) is 0 Å². The zero-order valence-corrected chi connectivity index (χ0v) is 16.7. The van der Waals surface area contributed by atoms with E-state index in [1.165, 1.54) is 0 Å². The third kappa shape index (κ3) is 3.13. The molecule has 0 spiro atoms. The molecule has 0 saturated carbocycles. The van der Waals surface area contributed by atoms with E-state index in [1.807, 2.05) is 30.3 Å². The Labute approximate surface area is 173 Å². The van der Waals surface area contributed by atoms with Crippen molar-refractivity contribution in [1.82, 2.24) is 24.6 Å². The second-order valence-corrected chi connectivity index (χ2v) is 8.09. The van der Waals surface area contributed by atoms with Crippen LogP contribution in [0.4, 0.5) is 0 Å². The predicted octanol–water partition coefficient (Wildman–Crippen LogP) is 1.19. The smallest absolute Gasteiger partial charge is 0.274 e. The van der Waals surface area contributed by atoms with Gasteiger partial charge in [-0.15, -0.1) is 0 Å². The number of pyridine rings is 1. The number of aromatic nitrogens is 3. The Hall–Kier alpha value is -3.26. The largest absolute Gasteiger partial charge is 0.391 e. The van der Waals surface area contributed by atoms with E-state index in [0.717, 1.165) is 16.5 Å². The minimum Gasteiger partial charge on any atom is -0.391 e. The van der Waals surface area contributed by atoms with Crippen molar-refractivity contribution in [2.45, 2.75) is 19.1 Å². The molecule has 1 aromatic carbocycles. The highest BCUT2D eigenvalue weighted by Gasteiger charge is 2.36. The highest BCUT2D eigenvalue weighted by atomic mass is 16.3. The second-order valence-electron chi connectivity index (χ2n) is 8.09. The molecule has 5 rings (SSSR count). The zero-order chi connectivity index (χ0) is 20.8. The maximum absolute atomic E-state index is 13.0. The number of likely N-dealkylation sites (tertiary alicyclic amines) is 1. The Morgan fingerprint density at radius 3 is 2.90 bits per heavy atom. The summed E-state index contributed by atoms with van der Waals surface area (Å²) in [6, 6.07) is 11.5. The summed E-state index contributed by atoms with van der Waals surface area (Å²) in [5.41, 5.74) is 2.74. The summed E-state index contributed by atoms with van der Waals surface area (Å²) in [7, 11) is 1.74. The van der Waals surface area contributed by atoms with Gasteiger partial charge in [-0.1, -0.05) is 18.2 Å². The quantitative estimate of drug-likeness (QED) is 0.707. The Morgan fingerprint density at radius 1 is 1.20 bits per heavy atom. The number of amides is 2. The third-order valence-corrected chi connectivity index (χ3v) is 6.13. The minimum absolute atomic E-state index is 0.0650. The Morgan fingerprint density at radius 2 is 2.03 bits per heavy atom. The molecule has 2 aliphatic rings. The molecule has 0 bridgehead atoms. The van der Waals surface area contributed by atoms with Crippen LogP contribution in [0.25, 0.3) is 10.9 Å². The van der Waals surface area contributed by atoms with Crippen LogP contribution in [-0.2, 0) is 13.0 Å². The molecule has 0 unspecified atom stereocenters. The van der Waals surface area contributed by atoms with Gasteiger partial charge in [0, 0.05) is 50.2 Å². The summed E-state index contributed by atoms with van der Waals surface area (Å²) in [6.07, 6.45) is 1.84. The summed E-state index contributed by atoms with van der Waals surface area (Å²) >= 11 is 0. The maximum Gasteiger partial charge on any atom is 0.274 e. The predicted molar refractivity (Wildman–Crippen MR) is 110 cm³/mol. The number of nitrogens with zero attached hydrogens (tertiary/aromatic N) is 5. The van der Waals surface area contributed by atoms with Crippen LogP contribution in [0.1, 0.15) is 26.5 Å². The Kier molecular flexibility index (Phi) is 4.51. The van der Waals surface area contributed by atoms with Crippen LogP contribution in [0.15, 0.2) is 42.6 Å². The summed E-state index contributed by atoms with van der Waals surface area (Å²) in [5, 5.41) is 16.0. The van der Waals surface area contributed by atoms with Crippen LogP contribution < -0.4 is 0 Å². The van der Waals surface area contributed by atoms with Crippen molar-refractivity contribution < 1.29 is 14.7 Å². The van der Waals surface area contributed by atoms with E-state index in [4.69, 9.17) is 0 Å². The van der Waals surface area contributed by atoms with Crippen molar-refractivity contribution in [3.8, 4) is 0 Å². The van der Waals surface area contributed by atoms with Gasteiger partial charge < -0.3 is 14.9 Å². The zero-order valence-electron chi connectivity index (χ0n) is 16.7. The van der Waals surface area contributed by atoms with Gasteiger partial charge in [-0.25, -0.2) is 0 Å². The number of hydrogen-bond acceptors (Lipinski definition) is 5. The fraction of sp³-hybridized carbons (Fsp3) is 0.364. The normalized spacial score (nSPS) is 21.3. The molecule has 1 fully saturated rings. The molecule has 2 aromatic heterocycles. The monoisotopic (exact) mass is 405 g/mol. The number of likely N-dealkylation sites (N-methyl/N-ethyl adjacent to an activating group) is 1. The molecule has 1 N–H and O–H groups in total. The highest BCUT2D eigenvalue weighted by Crippen LogP contribution is 2.26. The lowest BCUT2D eigenvalue weighted by Gasteiger charge is -2.22. The lowest BCUT2D eigenvalue weighted by atomic mass is 9.94. The number of aliphatic hydroxyl groups is 1. The van der Waals surface area contributed by atoms with Gasteiger partial charge in [0.1, 0.15) is 5.69 Å². The van der Waals surface area contributed by atoms with E-state index in [2.05, 4.69) is 10.1 Å². The number of benzene rings is 1. The van der Waals surface area contributed by atoms with Crippen LogP contribution in [-0.4, -0.2) is 74.3 Å². The number of para-hydroxylation sites is 1. The van der Waals surface area contributed by atoms with Crippen molar-refractivity contribution in [3.63, 3.8) is 0 Å². The molecular weight excluding hydrogens is 382 g/mol. The van der Waals surface area contributed by atoms with E-state index in [9.17, 15) is 14.7 Å². The number of fused-ring (bicyclic) bond motifs is 2. The van der Waals surface area contributed by atoms with E-state index < -0.39 is 6.10 Å². The number of carbonyl (C=O) groups is 2. The minimum atomic E-state index is -0.606. The molecule has 0 radical (unpaired) electrons. The van der Waals surface area contributed by atoms with Crippen molar-refractivity contribution in [3.05, 3.63) is 59.5 Å². The maximum atomic E-state index is 13.0. The molecule has 8 heteroatoms. The molecule has 3 aromatic rings. The molecule has 30 heavy (non-hydrogen) atoms. The fourth-order valence-electron chi connectivity index (χ4n) is 4.40. The van der Waals surface area contributed by atoms with Gasteiger partial charge in [-0.2, -0.15) is 5.10 Å². The first-order chi connectivity index (χ1) is 14.5. The number of β-amino-alcohol motifs (C(OH)–C–C–N with tert-alkyl or cyclic N) is 1. The Balaban J connectivity index is 1.34. The first-order valence-corrected chi connectivity index (χ1v) is 10.1. The van der Waals surface area contributed by atoms with E-state index >= 15 is 0 Å². The standard InChI is InChI=1S/C22H23N5O3/c1-25-8-9-27-19(22(25)30)11-18(24-27)21(29)26-12-15(20(28)13-26)10-14-6-7-23-17-5-3-2-4-16(14)17/h2-7,11,15,20,28H,8-10,12-13H2,1H3/t15-,20+/m1/s1. The molecule has 4 heterocycles. The van der Waals surface area contributed by atoms with E-state index in [1.54, 1.807) is 33.8 Å². The fourth-order valence-corrected chi connectivity index (χ4v) is 4.40. The van der Waals surface area contributed by atoms with Gasteiger partial charge in [-0.3, -0.25) is 19.3 Å². The summed E-state index contributed by atoms with van der Waals surface area (Å²) in [6.45, 7) is 1.87. The average molecular weight is 405 g/mol. The number of hydrogen-bond donors (Lipinski definition) is 1. The van der Waals surface area contributed by atoms with Crippen LogP contribution in [0.5, 0.6) is 0 Å². The van der Waals surface area contributed by atoms with Gasteiger partial charge in [-0.05, 0) is 24.1 Å². The number of carbonyl (C=O) groups excluding carboxylic acids is 2. The van der Waals surface area contributed by atoms with E-state index in [0.29, 0.717) is 31.7 Å². The topological polar surface area (TPSA) is 91.6 Å². The van der Waals surface area contributed by atoms with Gasteiger partial charge in [0.25, 0.3) is 11.8 Å². The van der Waals surface area contributed by atoms with Crippen molar-refractivity contribution in [2.24, 2.45) is 5.92 Å². The van der Waals surface area contributed by atoms with Crippen molar-refractivity contribution in [2.75, 3.05) is 26.7 Å². The molecule has 2 aliphatic heterocycles. The van der Waals surface area contributed by atoms with Crippen LogP contribution >= 0.6 is 0 Å². The summed E-state index contributed by atoms with van der Waals surface area (Å²) in [4.78, 5) is 33.0. The van der Waals surface area contributed by atoms with Crippen molar-refractivity contribution >= 4 is 22.7 Å². The van der Waals surface area contributed by atoms with E-state index in [-0.39, 0.29) is 30.0 Å². The molecule has 2 atom stereocenters. The third-order valence-electron chi connectivity index (χ3n) is 6.13. The molecule has 0 aliphatic carbocycles. The number of rotatable bonds is 3. The summed E-state index contributed by atoms with van der Waals surface area (Å²) < 4.78 is 1.60. The average Bonchev–Trinajstić information content (AvgIpc) is 3.35. The molecule has 1 saturated heterocycles. The molecule has 2 amide bonds. The Bertz CT molecular complexity index is 1140. The first kappa shape index (κ1) is 18.7. The van der Waals surface area contributed by atoms with Gasteiger partial charge in [0.05, 0.1) is 18.2 Å². The van der Waals surface area contributed by atoms with Crippen LogP contribution in [0, 0.1) is 5.92 Å². The SMILES string of the molecule is CN1CCn2nc(C(=O)N3C[C@@H](Cc4ccnc5ccccc45)[C@@H](O)C3)cc2C1=O. The highest BCUT2D eigenvalue weighted by molar-refractivity contribution is 5.98. The van der Waals surface area contributed by atoms with Crippen LogP contribution in [0.3, 0.4) is 0 Å². The lowest BCUT2D eigenvalue weighted by molar-refractivity contribution is 0.0736. The second kappa shape index (κ2) is 7.21. The first-order valence-electron chi connectivity index (χ1n) is 10.1. The molecule has 8 nitrogen and oxygen atoms in total. The van der Waals surface area contributed by atoms with Gasteiger partial charge in [0.2, 0.25) is 0 Å². The lowest BCUT2D eigenvalue weighted by Crippen LogP contribution is -2.37. The number of aliphatic hydroxyl groups excluding tert-OH is 1. The van der Waals surface area contributed by atoms with Gasteiger partial charge >= 0.3 is 0 Å².